The zero-order valence-corrected chi connectivity index (χ0v) is 9.98. The fraction of sp³-hybridized carbons (Fsp3) is 0.538. The summed E-state index contributed by atoms with van der Waals surface area (Å²) in [5.41, 5.74) is 2.56. The van der Waals surface area contributed by atoms with Gasteiger partial charge in [-0.2, -0.15) is 0 Å². The molecule has 0 radical (unpaired) electrons. The molecule has 2 unspecified atom stereocenters. The van der Waals surface area contributed by atoms with Crippen LogP contribution in [0.5, 0.6) is 0 Å². The maximum absolute atomic E-state index is 9.59. The van der Waals surface area contributed by atoms with E-state index >= 15 is 0 Å². The molecule has 2 N–H and O–H groups in total. The second-order valence-corrected chi connectivity index (χ2v) is 4.46. The summed E-state index contributed by atoms with van der Waals surface area (Å²) in [6.07, 6.45) is 0.709. The lowest BCUT2D eigenvalue weighted by Crippen LogP contribution is -2.24. The Morgan fingerprint density at radius 2 is 2.19 bits per heavy atom. The Labute approximate surface area is 97.1 Å². The van der Waals surface area contributed by atoms with Gasteiger partial charge < -0.3 is 15.3 Å². The van der Waals surface area contributed by atoms with Crippen molar-refractivity contribution in [1.82, 2.24) is 5.32 Å². The molecule has 1 fully saturated rings. The van der Waals surface area contributed by atoms with Crippen LogP contribution in [0.2, 0.25) is 0 Å². The number of aliphatic hydroxyl groups is 1. The van der Waals surface area contributed by atoms with Crippen LogP contribution < -0.4 is 10.2 Å². The Bertz CT molecular complexity index is 354. The average molecular weight is 220 g/mol. The number of nitrogens with one attached hydrogen (secondary N) is 1. The quantitative estimate of drug-likeness (QED) is 0.811. The van der Waals surface area contributed by atoms with Gasteiger partial charge in [-0.05, 0) is 32.0 Å². The van der Waals surface area contributed by atoms with Crippen LogP contribution in [0.1, 0.15) is 24.9 Å². The van der Waals surface area contributed by atoms with Crippen molar-refractivity contribution in [3.63, 3.8) is 0 Å². The zero-order valence-electron chi connectivity index (χ0n) is 9.98. The molecule has 0 aromatic heterocycles. The van der Waals surface area contributed by atoms with Crippen LogP contribution in [0.3, 0.4) is 0 Å². The number of β-amino-alcohol motifs (C(OH)–C–C–N with tert-alkyl or cyclic N) is 1. The highest BCUT2D eigenvalue weighted by atomic mass is 16.3. The van der Waals surface area contributed by atoms with Crippen molar-refractivity contribution in [2.75, 3.05) is 25.0 Å². The first-order valence-electron chi connectivity index (χ1n) is 5.91. The van der Waals surface area contributed by atoms with Crippen LogP contribution in [0.15, 0.2) is 24.3 Å². The van der Waals surface area contributed by atoms with Gasteiger partial charge in [0, 0.05) is 24.8 Å². The molecule has 2 rings (SSSR count). The molecule has 0 bridgehead atoms. The van der Waals surface area contributed by atoms with Crippen molar-refractivity contribution in [3.8, 4) is 0 Å². The molecule has 0 amide bonds. The van der Waals surface area contributed by atoms with Crippen LogP contribution in [0.4, 0.5) is 5.69 Å². The van der Waals surface area contributed by atoms with E-state index in [1.807, 2.05) is 7.05 Å². The SMILES string of the molecule is CNC(C)c1ccccc1N1CCC(O)C1. The first-order valence-corrected chi connectivity index (χ1v) is 5.91. The van der Waals surface area contributed by atoms with Gasteiger partial charge in [-0.3, -0.25) is 0 Å². The fourth-order valence-electron chi connectivity index (χ4n) is 2.26. The predicted octanol–water partition coefficient (Wildman–Crippen LogP) is 1.54. The lowest BCUT2D eigenvalue weighted by Gasteiger charge is -2.24. The van der Waals surface area contributed by atoms with Gasteiger partial charge in [-0.15, -0.1) is 0 Å². The smallest absolute Gasteiger partial charge is 0.0731 e. The molecule has 3 nitrogen and oxygen atoms in total. The van der Waals surface area contributed by atoms with Crippen molar-refractivity contribution in [1.29, 1.82) is 0 Å². The number of aliphatic hydroxyl groups excluding tert-OH is 1. The summed E-state index contributed by atoms with van der Waals surface area (Å²) in [6, 6.07) is 8.77. The van der Waals surface area contributed by atoms with Gasteiger partial charge in [0.25, 0.3) is 0 Å². The van der Waals surface area contributed by atoms with Crippen molar-refractivity contribution in [3.05, 3.63) is 29.8 Å². The number of nitrogens with zero attached hydrogens (tertiary/aromatic N) is 1. The van der Waals surface area contributed by atoms with E-state index in [1.165, 1.54) is 11.3 Å². The van der Waals surface area contributed by atoms with Crippen LogP contribution in [-0.4, -0.2) is 31.3 Å². The fourth-order valence-corrected chi connectivity index (χ4v) is 2.26. The summed E-state index contributed by atoms with van der Waals surface area (Å²) in [5.74, 6) is 0. The summed E-state index contributed by atoms with van der Waals surface area (Å²) in [6.45, 7) is 3.87. The van der Waals surface area contributed by atoms with Gasteiger partial charge in [-0.1, -0.05) is 18.2 Å². The molecule has 2 atom stereocenters. The first kappa shape index (κ1) is 11.4. The third kappa shape index (κ3) is 2.20. The van der Waals surface area contributed by atoms with Gasteiger partial charge in [0.1, 0.15) is 0 Å². The summed E-state index contributed by atoms with van der Waals surface area (Å²) in [4.78, 5) is 2.27. The molecule has 1 aliphatic rings. The summed E-state index contributed by atoms with van der Waals surface area (Å²) in [7, 11) is 1.97. The van der Waals surface area contributed by atoms with Crippen molar-refractivity contribution >= 4 is 5.69 Å². The minimum atomic E-state index is -0.169. The van der Waals surface area contributed by atoms with E-state index in [9.17, 15) is 5.11 Å². The van der Waals surface area contributed by atoms with Crippen LogP contribution in [0, 0.1) is 0 Å². The number of rotatable bonds is 3. The van der Waals surface area contributed by atoms with E-state index in [0.29, 0.717) is 6.04 Å². The minimum Gasteiger partial charge on any atom is -0.391 e. The van der Waals surface area contributed by atoms with Gasteiger partial charge in [0.15, 0.2) is 0 Å². The van der Waals surface area contributed by atoms with Gasteiger partial charge >= 0.3 is 0 Å². The van der Waals surface area contributed by atoms with Crippen LogP contribution in [-0.2, 0) is 0 Å². The van der Waals surface area contributed by atoms with Gasteiger partial charge in [-0.25, -0.2) is 0 Å². The predicted molar refractivity (Wildman–Crippen MR) is 66.8 cm³/mol. The molecule has 1 heterocycles. The molecule has 16 heavy (non-hydrogen) atoms. The van der Waals surface area contributed by atoms with Gasteiger partial charge in [0.2, 0.25) is 0 Å². The standard InChI is InChI=1S/C13H20N2O/c1-10(14-2)12-5-3-4-6-13(12)15-8-7-11(16)9-15/h3-6,10-11,14,16H,7-9H2,1-2H3. The molecule has 0 saturated carbocycles. The molecule has 1 saturated heterocycles. The normalized spacial score (nSPS) is 22.4. The molecule has 1 aromatic rings. The average Bonchev–Trinajstić information content (AvgIpc) is 2.75. The van der Waals surface area contributed by atoms with E-state index in [4.69, 9.17) is 0 Å². The van der Waals surface area contributed by atoms with E-state index in [0.717, 1.165) is 19.5 Å². The zero-order chi connectivity index (χ0) is 11.5. The molecular formula is C13H20N2O. The number of hydrogen-bond donors (Lipinski definition) is 2. The van der Waals surface area contributed by atoms with E-state index < -0.39 is 0 Å². The number of hydrogen-bond acceptors (Lipinski definition) is 3. The molecular weight excluding hydrogens is 200 g/mol. The van der Waals surface area contributed by atoms with E-state index in [-0.39, 0.29) is 6.10 Å². The van der Waals surface area contributed by atoms with Crippen molar-refractivity contribution < 1.29 is 5.11 Å². The second kappa shape index (κ2) is 4.85. The second-order valence-electron chi connectivity index (χ2n) is 4.46. The molecule has 0 aliphatic carbocycles. The topological polar surface area (TPSA) is 35.5 Å². The van der Waals surface area contributed by atoms with E-state index in [2.05, 4.69) is 41.4 Å². The van der Waals surface area contributed by atoms with Crippen LogP contribution >= 0.6 is 0 Å². The highest BCUT2D eigenvalue weighted by Gasteiger charge is 2.22. The molecule has 88 valence electrons. The highest BCUT2D eigenvalue weighted by molar-refractivity contribution is 5.55. The Balaban J connectivity index is 2.26. The van der Waals surface area contributed by atoms with Gasteiger partial charge in [0.05, 0.1) is 6.10 Å². The lowest BCUT2D eigenvalue weighted by atomic mass is 10.1. The molecule has 3 heteroatoms. The summed E-state index contributed by atoms with van der Waals surface area (Å²) >= 11 is 0. The van der Waals surface area contributed by atoms with Crippen molar-refractivity contribution in [2.45, 2.75) is 25.5 Å². The number of para-hydroxylation sites is 1. The molecule has 0 spiro atoms. The summed E-state index contributed by atoms with van der Waals surface area (Å²) in [5, 5.41) is 12.9. The Morgan fingerprint density at radius 1 is 1.44 bits per heavy atom. The molecule has 1 aromatic carbocycles. The number of anilines is 1. The maximum Gasteiger partial charge on any atom is 0.0731 e. The first-order chi connectivity index (χ1) is 7.72. The Morgan fingerprint density at radius 3 is 2.81 bits per heavy atom. The maximum atomic E-state index is 9.59. The number of benzene rings is 1. The lowest BCUT2D eigenvalue weighted by molar-refractivity contribution is 0.198. The molecule has 1 aliphatic heterocycles. The largest absolute Gasteiger partial charge is 0.391 e. The van der Waals surface area contributed by atoms with Crippen molar-refractivity contribution in [2.24, 2.45) is 0 Å². The minimum absolute atomic E-state index is 0.169. The third-order valence-corrected chi connectivity index (χ3v) is 3.34. The highest BCUT2D eigenvalue weighted by Crippen LogP contribution is 2.28. The third-order valence-electron chi connectivity index (χ3n) is 3.34. The Hall–Kier alpha value is -1.06. The van der Waals surface area contributed by atoms with Crippen LogP contribution in [0.25, 0.3) is 0 Å². The van der Waals surface area contributed by atoms with E-state index in [1.54, 1.807) is 0 Å². The Kier molecular flexibility index (Phi) is 3.46. The monoisotopic (exact) mass is 220 g/mol. The summed E-state index contributed by atoms with van der Waals surface area (Å²) < 4.78 is 0.